The number of nitrogens with one attached hydrogen (secondary N) is 4. The lowest BCUT2D eigenvalue weighted by Gasteiger charge is -2.22. The molecule has 17 nitrogen and oxygen atoms in total. The van der Waals surface area contributed by atoms with Gasteiger partial charge in [-0.2, -0.15) is 16.8 Å². The molecule has 1 saturated heterocycles. The zero-order valence-electron chi connectivity index (χ0n) is 31.8. The Labute approximate surface area is 326 Å². The molecule has 0 aromatic heterocycles. The van der Waals surface area contributed by atoms with Gasteiger partial charge in [0.15, 0.2) is 0 Å². The van der Waals surface area contributed by atoms with Crippen molar-refractivity contribution in [3.05, 3.63) is 35.4 Å². The van der Waals surface area contributed by atoms with Crippen molar-refractivity contribution in [1.82, 2.24) is 26.3 Å². The number of benzene rings is 1. The van der Waals surface area contributed by atoms with Crippen LogP contribution < -0.4 is 21.3 Å². The van der Waals surface area contributed by atoms with E-state index in [1.165, 1.54) is 19.2 Å². The summed E-state index contributed by atoms with van der Waals surface area (Å²) < 4.78 is 21.9. The summed E-state index contributed by atoms with van der Waals surface area (Å²) in [6, 6.07) is 5.10. The Morgan fingerprint density at radius 2 is 1.56 bits per heavy atom. The van der Waals surface area contributed by atoms with Crippen LogP contribution in [0.15, 0.2) is 24.3 Å². The Hall–Kier alpha value is -4.07. The van der Waals surface area contributed by atoms with Crippen LogP contribution in [0.5, 0.6) is 5.75 Å². The summed E-state index contributed by atoms with van der Waals surface area (Å²) in [7, 11) is 3.18. The van der Waals surface area contributed by atoms with Crippen LogP contribution in [-0.2, 0) is 59.1 Å². The standard InChI is InChI=1S/C37H57N5O12S/c1-38-37-30(41-27-44)26-55-32(37)6-3-4-7-33(46)39-14-17-51-19-21-53-23-22-52-20-18-50-16-13-34(47)40-25-28-9-10-29(31(45)24-28)11-12-36(49)54-42(2)35(48)8-5-15-43/h9-12,15,24,27,30,32,37-38,45H,3-8,13-14,16-23,25-26H2,1-2H3,(H,39,46)(H,40,47)(H,41,44)/b12-11+. The fraction of sp³-hybridized carbons (Fsp3) is 0.622. The minimum Gasteiger partial charge on any atom is -0.507 e. The van der Waals surface area contributed by atoms with Crippen LogP contribution in [0.4, 0.5) is 0 Å². The predicted octanol–water partition coefficient (Wildman–Crippen LogP) is 0.868. The quantitative estimate of drug-likeness (QED) is 0.0316. The van der Waals surface area contributed by atoms with Gasteiger partial charge in [0.05, 0.1) is 58.9 Å². The lowest BCUT2D eigenvalue weighted by atomic mass is 10.0. The average Bonchev–Trinajstić information content (AvgIpc) is 3.56. The largest absolute Gasteiger partial charge is 0.507 e. The molecule has 1 aliphatic rings. The number of phenolic OH excluding ortho intramolecular Hbond substituents is 1. The van der Waals surface area contributed by atoms with E-state index < -0.39 is 11.9 Å². The van der Waals surface area contributed by atoms with Crippen LogP contribution in [-0.4, -0.2) is 143 Å². The molecule has 1 aromatic rings. The zero-order valence-corrected chi connectivity index (χ0v) is 32.6. The zero-order chi connectivity index (χ0) is 40.1. The first-order valence-corrected chi connectivity index (χ1v) is 19.5. The summed E-state index contributed by atoms with van der Waals surface area (Å²) in [5.41, 5.74) is 0.974. The van der Waals surface area contributed by atoms with Gasteiger partial charge < -0.3 is 55.0 Å². The van der Waals surface area contributed by atoms with Crippen LogP contribution >= 0.6 is 11.8 Å². The average molecular weight is 796 g/mol. The summed E-state index contributed by atoms with van der Waals surface area (Å²) in [6.45, 7) is 3.52. The third-order valence-electron chi connectivity index (χ3n) is 8.28. The lowest BCUT2D eigenvalue weighted by molar-refractivity contribution is -0.188. The van der Waals surface area contributed by atoms with E-state index in [1.54, 1.807) is 12.1 Å². The summed E-state index contributed by atoms with van der Waals surface area (Å²) in [4.78, 5) is 73.9. The molecule has 55 heavy (non-hydrogen) atoms. The lowest BCUT2D eigenvalue weighted by Crippen LogP contribution is -2.48. The first-order valence-electron chi connectivity index (χ1n) is 18.4. The highest BCUT2D eigenvalue weighted by Gasteiger charge is 2.34. The molecular weight excluding hydrogens is 738 g/mol. The van der Waals surface area contributed by atoms with E-state index in [-0.39, 0.29) is 62.1 Å². The molecule has 5 N–H and O–H groups in total. The molecule has 2 rings (SSSR count). The van der Waals surface area contributed by atoms with E-state index in [0.717, 1.165) is 42.6 Å². The number of carbonyl (C=O) groups excluding carboxylic acids is 6. The topological polar surface area (TPSA) is 220 Å². The van der Waals surface area contributed by atoms with Crippen LogP contribution in [0, 0.1) is 0 Å². The Kier molecular flexibility index (Phi) is 25.0. The molecular formula is C37H57N5O12S. The molecule has 0 saturated carbocycles. The molecule has 1 aliphatic heterocycles. The van der Waals surface area contributed by atoms with E-state index >= 15 is 0 Å². The highest BCUT2D eigenvalue weighted by atomic mass is 32.2. The SMILES string of the molecule is CNC1C(NC=O)CSC1CCCCC(=O)NCCOCCOCCOCCOCCC(=O)NCc1ccc(/C=C/C(=O)ON(C)C(=O)CCC=O)c(O)c1. The summed E-state index contributed by atoms with van der Waals surface area (Å²) >= 11 is 1.86. The molecule has 18 heteroatoms. The van der Waals surface area contributed by atoms with E-state index in [0.29, 0.717) is 81.9 Å². The Bertz CT molecular complexity index is 1350. The van der Waals surface area contributed by atoms with Gasteiger partial charge in [-0.25, -0.2) is 4.79 Å². The van der Waals surface area contributed by atoms with Gasteiger partial charge in [0.25, 0.3) is 5.91 Å². The third kappa shape index (κ3) is 21.0. The summed E-state index contributed by atoms with van der Waals surface area (Å²) in [5, 5.41) is 23.3. The van der Waals surface area contributed by atoms with Crippen LogP contribution in [0.1, 0.15) is 56.1 Å². The summed E-state index contributed by atoms with van der Waals surface area (Å²) in [5.74, 6) is -0.785. The van der Waals surface area contributed by atoms with Crippen molar-refractivity contribution in [2.45, 2.75) is 68.8 Å². The minimum absolute atomic E-state index is 0.0141. The maximum atomic E-state index is 12.2. The Morgan fingerprint density at radius 3 is 2.22 bits per heavy atom. The van der Waals surface area contributed by atoms with Crippen molar-refractivity contribution in [2.24, 2.45) is 0 Å². The predicted molar refractivity (Wildman–Crippen MR) is 205 cm³/mol. The second kappa shape index (κ2) is 29.2. The third-order valence-corrected chi connectivity index (χ3v) is 9.79. The molecule has 3 unspecified atom stereocenters. The number of likely N-dealkylation sites (N-methyl/N-ethyl adjacent to an activating group) is 1. The van der Waals surface area contributed by atoms with Crippen LogP contribution in [0.3, 0.4) is 0 Å². The number of thioether (sulfide) groups is 1. The van der Waals surface area contributed by atoms with Gasteiger partial charge in [-0.05, 0) is 37.6 Å². The number of hydroxylamine groups is 2. The number of phenols is 1. The molecule has 3 atom stereocenters. The van der Waals surface area contributed by atoms with Crippen LogP contribution in [0.2, 0.25) is 0 Å². The maximum Gasteiger partial charge on any atom is 0.356 e. The number of unbranched alkanes of at least 4 members (excludes halogenated alkanes) is 1. The normalized spacial score (nSPS) is 16.4. The van der Waals surface area contributed by atoms with Gasteiger partial charge in [-0.3, -0.25) is 19.2 Å². The number of rotatable bonds is 30. The number of aromatic hydroxyl groups is 1. The van der Waals surface area contributed by atoms with Crippen molar-refractivity contribution in [3.8, 4) is 5.75 Å². The molecule has 0 spiro atoms. The second-order valence-corrected chi connectivity index (χ2v) is 13.7. The first kappa shape index (κ1) is 47.1. The van der Waals surface area contributed by atoms with Gasteiger partial charge in [0, 0.05) is 74.5 Å². The molecule has 1 fully saturated rings. The molecule has 4 amide bonds. The first-order chi connectivity index (χ1) is 26.7. The number of ether oxygens (including phenoxy) is 4. The van der Waals surface area contributed by atoms with Crippen molar-refractivity contribution in [3.63, 3.8) is 0 Å². The highest BCUT2D eigenvalue weighted by Crippen LogP contribution is 2.31. The Morgan fingerprint density at radius 1 is 0.891 bits per heavy atom. The van der Waals surface area contributed by atoms with Crippen molar-refractivity contribution in [2.75, 3.05) is 79.2 Å². The van der Waals surface area contributed by atoms with E-state index in [2.05, 4.69) is 21.3 Å². The number of hydrogen-bond acceptors (Lipinski definition) is 14. The van der Waals surface area contributed by atoms with Gasteiger partial charge in [0.2, 0.25) is 18.2 Å². The minimum atomic E-state index is -0.833. The van der Waals surface area contributed by atoms with Gasteiger partial charge in [0.1, 0.15) is 12.0 Å². The maximum absolute atomic E-state index is 12.2. The molecule has 0 radical (unpaired) electrons. The summed E-state index contributed by atoms with van der Waals surface area (Å²) in [6.07, 6.45) is 7.09. The fourth-order valence-electron chi connectivity index (χ4n) is 5.33. The van der Waals surface area contributed by atoms with Gasteiger partial charge in [-0.1, -0.05) is 18.6 Å². The number of amides is 4. The number of nitrogens with zero attached hydrogens (tertiary/aromatic N) is 1. The fourth-order valence-corrected chi connectivity index (χ4v) is 6.96. The number of carbonyl (C=O) groups is 6. The van der Waals surface area contributed by atoms with Gasteiger partial charge in [-0.15, -0.1) is 0 Å². The molecule has 1 aromatic carbocycles. The second-order valence-electron chi connectivity index (χ2n) is 12.4. The van der Waals surface area contributed by atoms with E-state index in [1.807, 2.05) is 18.8 Å². The monoisotopic (exact) mass is 795 g/mol. The smallest absolute Gasteiger partial charge is 0.356 e. The highest BCUT2D eigenvalue weighted by molar-refractivity contribution is 8.00. The molecule has 0 bridgehead atoms. The van der Waals surface area contributed by atoms with E-state index in [4.69, 9.17) is 23.8 Å². The van der Waals surface area contributed by atoms with Crippen molar-refractivity contribution in [1.29, 1.82) is 0 Å². The van der Waals surface area contributed by atoms with E-state index in [9.17, 15) is 33.9 Å². The molecule has 308 valence electrons. The van der Waals surface area contributed by atoms with Crippen molar-refractivity contribution < 1.29 is 57.7 Å². The molecule has 0 aliphatic carbocycles. The number of aldehydes is 1. The van der Waals surface area contributed by atoms with Gasteiger partial charge >= 0.3 is 5.97 Å². The molecule has 1 heterocycles. The number of hydrogen-bond donors (Lipinski definition) is 5. The van der Waals surface area contributed by atoms with Crippen LogP contribution in [0.25, 0.3) is 6.08 Å². The Balaban J connectivity index is 1.38. The van der Waals surface area contributed by atoms with Crippen molar-refractivity contribution >= 4 is 54.2 Å².